The summed E-state index contributed by atoms with van der Waals surface area (Å²) in [4.78, 5) is 27.1. The summed E-state index contributed by atoms with van der Waals surface area (Å²) in [5.41, 5.74) is 1.03. The molecular weight excluding hydrogens is 415 g/mol. The van der Waals surface area contributed by atoms with Crippen molar-refractivity contribution in [1.29, 1.82) is 0 Å². The summed E-state index contributed by atoms with van der Waals surface area (Å²) in [6.45, 7) is 1.09. The fraction of sp³-hybridized carbons (Fsp3) is 0.588. The van der Waals surface area contributed by atoms with Crippen molar-refractivity contribution >= 4 is 21.9 Å². The van der Waals surface area contributed by atoms with Gasteiger partial charge in [-0.25, -0.2) is 13.2 Å². The van der Waals surface area contributed by atoms with Crippen molar-refractivity contribution in [2.45, 2.75) is 55.7 Å². The summed E-state index contributed by atoms with van der Waals surface area (Å²) in [5, 5.41) is 6.93. The molecular formula is C17H20F3N3O5S. The van der Waals surface area contributed by atoms with Crippen LogP contribution in [0.2, 0.25) is 0 Å². The minimum Gasteiger partial charge on any atom is -0.475 e. The molecule has 0 unspecified atom stereocenters. The van der Waals surface area contributed by atoms with Crippen LogP contribution in [0.4, 0.5) is 13.2 Å². The van der Waals surface area contributed by atoms with Gasteiger partial charge in [0.15, 0.2) is 0 Å². The molecule has 1 N–H and O–H groups in total. The van der Waals surface area contributed by atoms with E-state index in [-0.39, 0.29) is 23.2 Å². The molecule has 1 saturated carbocycles. The Balaban J connectivity index is 0.000000298. The number of aromatic nitrogens is 1. The zero-order chi connectivity index (χ0) is 21.4. The maximum absolute atomic E-state index is 12.5. The first-order valence-corrected chi connectivity index (χ1v) is 10.5. The van der Waals surface area contributed by atoms with Crippen molar-refractivity contribution in [3.8, 4) is 0 Å². The standard InChI is InChI=1S/C15H19N3O3S.C2HF3O2/c19-15-9-14-13(17(15)10-11-3-6-16-7-4-11)5-8-18(14)22(20,21)12-1-2-12;3-2(4,5)1(6)7/h3-4,6-7,12-14H,1-2,5,8-10H2;(H,6,7)/t13-,14+;/m0./s1. The second kappa shape index (κ2) is 7.90. The molecule has 1 aromatic heterocycles. The van der Waals surface area contributed by atoms with Crippen molar-refractivity contribution in [2.75, 3.05) is 6.54 Å². The van der Waals surface area contributed by atoms with Gasteiger partial charge in [-0.05, 0) is 37.0 Å². The monoisotopic (exact) mass is 435 g/mol. The van der Waals surface area contributed by atoms with Crippen molar-refractivity contribution in [3.05, 3.63) is 30.1 Å². The smallest absolute Gasteiger partial charge is 0.475 e. The zero-order valence-corrected chi connectivity index (χ0v) is 16.1. The van der Waals surface area contributed by atoms with Crippen LogP contribution in [-0.2, 0) is 26.2 Å². The van der Waals surface area contributed by atoms with Gasteiger partial charge in [0, 0.05) is 31.9 Å². The predicted molar refractivity (Wildman–Crippen MR) is 93.9 cm³/mol. The molecule has 29 heavy (non-hydrogen) atoms. The molecule has 12 heteroatoms. The van der Waals surface area contributed by atoms with E-state index in [0.29, 0.717) is 19.5 Å². The molecule has 0 aromatic carbocycles. The number of aliphatic carboxylic acids is 1. The molecule has 3 heterocycles. The van der Waals surface area contributed by atoms with Crippen molar-refractivity contribution in [3.63, 3.8) is 0 Å². The molecule has 4 rings (SSSR count). The molecule has 1 aliphatic carbocycles. The number of hydrogen-bond donors (Lipinski definition) is 1. The first-order chi connectivity index (χ1) is 13.5. The van der Waals surface area contributed by atoms with Crippen LogP contribution in [0, 0.1) is 0 Å². The quantitative estimate of drug-likeness (QED) is 0.766. The molecule has 0 radical (unpaired) electrons. The Labute approximate surface area is 165 Å². The summed E-state index contributed by atoms with van der Waals surface area (Å²) in [6.07, 6.45) is 0.947. The van der Waals surface area contributed by atoms with Crippen molar-refractivity contribution < 1.29 is 36.3 Å². The number of sulfonamides is 1. The molecule has 8 nitrogen and oxygen atoms in total. The summed E-state index contributed by atoms with van der Waals surface area (Å²) >= 11 is 0. The van der Waals surface area contributed by atoms with Gasteiger partial charge in [-0.1, -0.05) is 0 Å². The van der Waals surface area contributed by atoms with E-state index in [9.17, 15) is 26.4 Å². The number of hydrogen-bond acceptors (Lipinski definition) is 5. The number of rotatable bonds is 4. The Kier molecular flexibility index (Phi) is 5.86. The van der Waals surface area contributed by atoms with E-state index in [1.807, 2.05) is 17.0 Å². The molecule has 0 spiro atoms. The number of likely N-dealkylation sites (tertiary alicyclic amines) is 1. The molecule has 2 atom stereocenters. The van der Waals surface area contributed by atoms with Crippen LogP contribution in [0.5, 0.6) is 0 Å². The van der Waals surface area contributed by atoms with E-state index >= 15 is 0 Å². The molecule has 0 bridgehead atoms. The van der Waals surface area contributed by atoms with Gasteiger partial charge in [-0.2, -0.15) is 17.5 Å². The Morgan fingerprint density at radius 3 is 2.28 bits per heavy atom. The molecule has 3 aliphatic rings. The number of pyridine rings is 1. The van der Waals surface area contributed by atoms with Crippen LogP contribution in [-0.4, -0.2) is 69.6 Å². The van der Waals surface area contributed by atoms with E-state index in [2.05, 4.69) is 4.98 Å². The topological polar surface area (TPSA) is 108 Å². The first-order valence-electron chi connectivity index (χ1n) is 9.01. The van der Waals surface area contributed by atoms with Crippen LogP contribution in [0.3, 0.4) is 0 Å². The number of halogens is 3. The highest BCUT2D eigenvalue weighted by Crippen LogP contribution is 2.40. The maximum atomic E-state index is 12.5. The van der Waals surface area contributed by atoms with Gasteiger partial charge in [-0.15, -0.1) is 0 Å². The Bertz CT molecular complexity index is 874. The molecule has 2 saturated heterocycles. The Hall–Kier alpha value is -2.21. The second-order valence-corrected chi connectivity index (χ2v) is 9.33. The molecule has 160 valence electrons. The summed E-state index contributed by atoms with van der Waals surface area (Å²) < 4.78 is 58.3. The Morgan fingerprint density at radius 1 is 1.17 bits per heavy atom. The van der Waals surface area contributed by atoms with Crippen molar-refractivity contribution in [1.82, 2.24) is 14.2 Å². The van der Waals surface area contributed by atoms with Crippen LogP contribution < -0.4 is 0 Å². The van der Waals surface area contributed by atoms with E-state index in [0.717, 1.165) is 24.8 Å². The molecule has 1 amide bonds. The SMILES string of the molecule is O=C(O)C(F)(F)F.O=C1C[C@@H]2[C@H](CCN2S(=O)(=O)C2CC2)N1Cc1ccncc1. The number of fused-ring (bicyclic) bond motifs is 1. The van der Waals surface area contributed by atoms with Crippen LogP contribution in [0.15, 0.2) is 24.5 Å². The van der Waals surface area contributed by atoms with Gasteiger partial charge < -0.3 is 10.0 Å². The fourth-order valence-corrected chi connectivity index (χ4v) is 5.72. The van der Waals surface area contributed by atoms with Crippen LogP contribution in [0.25, 0.3) is 0 Å². The van der Waals surface area contributed by atoms with Gasteiger partial charge in [0.1, 0.15) is 0 Å². The third-order valence-corrected chi connectivity index (χ3v) is 7.60. The third-order valence-electron chi connectivity index (χ3n) is 5.18. The highest BCUT2D eigenvalue weighted by atomic mass is 32.2. The van der Waals surface area contributed by atoms with Gasteiger partial charge in [0.05, 0.1) is 17.3 Å². The van der Waals surface area contributed by atoms with E-state index in [4.69, 9.17) is 9.90 Å². The van der Waals surface area contributed by atoms with Crippen molar-refractivity contribution in [2.24, 2.45) is 0 Å². The number of nitrogens with zero attached hydrogens (tertiary/aromatic N) is 3. The Morgan fingerprint density at radius 2 is 1.76 bits per heavy atom. The number of alkyl halides is 3. The lowest BCUT2D eigenvalue weighted by Gasteiger charge is -2.25. The largest absolute Gasteiger partial charge is 0.490 e. The number of carboxylic acids is 1. The van der Waals surface area contributed by atoms with E-state index in [1.54, 1.807) is 16.7 Å². The minimum absolute atomic E-state index is 0.0224. The summed E-state index contributed by atoms with van der Waals surface area (Å²) in [7, 11) is -3.19. The summed E-state index contributed by atoms with van der Waals surface area (Å²) in [6, 6.07) is 3.65. The molecule has 3 fully saturated rings. The zero-order valence-electron chi connectivity index (χ0n) is 15.2. The number of amides is 1. The number of carbonyl (C=O) groups excluding carboxylic acids is 1. The third kappa shape index (κ3) is 4.69. The average molecular weight is 435 g/mol. The van der Waals surface area contributed by atoms with Gasteiger partial charge in [0.25, 0.3) is 0 Å². The lowest BCUT2D eigenvalue weighted by atomic mass is 10.1. The van der Waals surface area contributed by atoms with Gasteiger partial charge in [0.2, 0.25) is 15.9 Å². The second-order valence-electron chi connectivity index (χ2n) is 7.16. The maximum Gasteiger partial charge on any atom is 0.490 e. The highest BCUT2D eigenvalue weighted by Gasteiger charge is 2.53. The van der Waals surface area contributed by atoms with Gasteiger partial charge in [-0.3, -0.25) is 9.78 Å². The summed E-state index contributed by atoms with van der Waals surface area (Å²) in [5.74, 6) is -2.70. The highest BCUT2D eigenvalue weighted by molar-refractivity contribution is 7.90. The molecule has 2 aliphatic heterocycles. The van der Waals surface area contributed by atoms with E-state index in [1.165, 1.54) is 0 Å². The van der Waals surface area contributed by atoms with Crippen LogP contribution in [0.1, 0.15) is 31.2 Å². The number of carboxylic acid groups (broad SMARTS) is 1. The minimum atomic E-state index is -5.08. The number of carbonyl (C=O) groups is 2. The van der Waals surface area contributed by atoms with Gasteiger partial charge >= 0.3 is 12.1 Å². The van der Waals surface area contributed by atoms with Crippen LogP contribution >= 0.6 is 0 Å². The lowest BCUT2D eigenvalue weighted by molar-refractivity contribution is -0.192. The predicted octanol–water partition coefficient (Wildman–Crippen LogP) is 1.38. The molecule has 1 aromatic rings. The normalized spacial score (nSPS) is 24.8. The lowest BCUT2D eigenvalue weighted by Crippen LogP contribution is -2.41. The first kappa shape index (κ1) is 21.5. The average Bonchev–Trinajstić information content (AvgIpc) is 3.36. The van der Waals surface area contributed by atoms with E-state index < -0.39 is 22.2 Å². The fourth-order valence-electron chi connectivity index (χ4n) is 3.66.